The Bertz CT molecular complexity index is 1100. The van der Waals surface area contributed by atoms with E-state index >= 15 is 0 Å². The van der Waals surface area contributed by atoms with Gasteiger partial charge in [-0.3, -0.25) is 4.79 Å². The Morgan fingerprint density at radius 3 is 2.63 bits per heavy atom. The van der Waals surface area contributed by atoms with Crippen LogP contribution in [0.15, 0.2) is 45.6 Å². The van der Waals surface area contributed by atoms with E-state index in [2.05, 4.69) is 20.4 Å². The third-order valence-electron chi connectivity index (χ3n) is 5.07. The second-order valence-electron chi connectivity index (χ2n) is 6.91. The predicted octanol–water partition coefficient (Wildman–Crippen LogP) is 1.99. The second-order valence-corrected chi connectivity index (χ2v) is 6.91. The van der Waals surface area contributed by atoms with E-state index in [4.69, 9.17) is 9.15 Å². The Balaban J connectivity index is 1.48. The van der Waals surface area contributed by atoms with Crippen molar-refractivity contribution in [2.75, 3.05) is 50.1 Å². The molecule has 3 heterocycles. The van der Waals surface area contributed by atoms with Gasteiger partial charge in [0.2, 0.25) is 0 Å². The number of anilines is 2. The van der Waals surface area contributed by atoms with E-state index in [1.165, 1.54) is 7.11 Å². The van der Waals surface area contributed by atoms with Gasteiger partial charge in [0.15, 0.2) is 17.2 Å². The first-order valence-corrected chi connectivity index (χ1v) is 9.83. The lowest BCUT2D eigenvalue weighted by Gasteiger charge is -2.35. The smallest absolute Gasteiger partial charge is 0.349 e. The predicted molar refractivity (Wildman–Crippen MR) is 113 cm³/mol. The van der Waals surface area contributed by atoms with Crippen molar-refractivity contribution in [3.63, 3.8) is 0 Å². The number of carbonyl (C=O) groups is 1. The summed E-state index contributed by atoms with van der Waals surface area (Å²) in [4.78, 5) is 29.1. The van der Waals surface area contributed by atoms with Gasteiger partial charge in [-0.15, -0.1) is 10.2 Å². The fraction of sp³-hybridized carbons (Fsp3) is 0.333. The van der Waals surface area contributed by atoms with Gasteiger partial charge in [-0.05, 0) is 31.2 Å². The van der Waals surface area contributed by atoms with Gasteiger partial charge in [0.25, 0.3) is 5.91 Å². The van der Waals surface area contributed by atoms with Gasteiger partial charge in [-0.2, -0.15) is 0 Å². The highest BCUT2D eigenvalue weighted by molar-refractivity contribution is 5.97. The summed E-state index contributed by atoms with van der Waals surface area (Å²) in [5.74, 6) is 1.62. The number of benzene rings is 1. The minimum atomic E-state index is -0.663. The van der Waals surface area contributed by atoms with Gasteiger partial charge in [-0.1, -0.05) is 12.1 Å². The molecule has 0 aliphatic carbocycles. The lowest BCUT2D eigenvalue weighted by atomic mass is 10.1. The fourth-order valence-electron chi connectivity index (χ4n) is 3.51. The molecule has 1 aliphatic heterocycles. The molecular weight excluding hydrogens is 386 g/mol. The van der Waals surface area contributed by atoms with Crippen molar-refractivity contribution in [1.82, 2.24) is 15.1 Å². The number of piperazine rings is 1. The zero-order chi connectivity index (χ0) is 21.1. The third-order valence-corrected chi connectivity index (χ3v) is 5.07. The van der Waals surface area contributed by atoms with Crippen molar-refractivity contribution in [3.8, 4) is 5.75 Å². The zero-order valence-electron chi connectivity index (χ0n) is 16.9. The average molecular weight is 409 g/mol. The monoisotopic (exact) mass is 409 g/mol. The van der Waals surface area contributed by atoms with Gasteiger partial charge in [0.05, 0.1) is 7.11 Å². The minimum absolute atomic E-state index is 0.0268. The molecule has 1 aromatic carbocycles. The number of nitrogens with one attached hydrogen (secondary N) is 1. The van der Waals surface area contributed by atoms with Crippen molar-refractivity contribution in [2.45, 2.75) is 6.92 Å². The Kier molecular flexibility index (Phi) is 5.51. The maximum atomic E-state index is 13.0. The molecule has 1 aliphatic rings. The van der Waals surface area contributed by atoms with Gasteiger partial charge < -0.3 is 24.3 Å². The Labute approximate surface area is 173 Å². The molecule has 2 aromatic heterocycles. The molecule has 3 aromatic rings. The van der Waals surface area contributed by atoms with Crippen LogP contribution in [-0.4, -0.2) is 60.8 Å². The second kappa shape index (κ2) is 8.40. The number of carbonyl (C=O) groups excluding carboxylic acids is 1. The average Bonchev–Trinajstić information content (AvgIpc) is 2.78. The number of hydrogen-bond donors (Lipinski definition) is 1. The van der Waals surface area contributed by atoms with Crippen LogP contribution in [0.4, 0.5) is 11.6 Å². The summed E-state index contributed by atoms with van der Waals surface area (Å²) in [5.41, 5.74) is -0.297. The van der Waals surface area contributed by atoms with Crippen LogP contribution in [0, 0.1) is 0 Å². The van der Waals surface area contributed by atoms with Crippen LogP contribution in [0.1, 0.15) is 17.3 Å². The number of methoxy groups -OCH3 is 1. The number of aromatic nitrogens is 2. The zero-order valence-corrected chi connectivity index (χ0v) is 16.9. The molecule has 9 nitrogen and oxygen atoms in total. The first kappa shape index (κ1) is 19.7. The van der Waals surface area contributed by atoms with Crippen molar-refractivity contribution >= 4 is 28.5 Å². The number of rotatable bonds is 5. The van der Waals surface area contributed by atoms with E-state index in [9.17, 15) is 9.59 Å². The Morgan fingerprint density at radius 2 is 1.97 bits per heavy atom. The molecule has 4 rings (SSSR count). The maximum absolute atomic E-state index is 13.0. The molecular formula is C21H23N5O4. The third kappa shape index (κ3) is 3.78. The molecule has 1 N–H and O–H groups in total. The number of nitrogens with zero attached hydrogens (tertiary/aromatic N) is 4. The summed E-state index contributed by atoms with van der Waals surface area (Å²) in [5, 5.41) is 12.2. The standard InChI is InChI=1S/C21H23N5O4/c1-3-22-17-7-8-18(24-23-17)25-9-11-26(12-10-25)20(27)15-13-14-5-4-6-16(29-2)19(14)30-21(15)28/h4-8,13H,3,9-12H2,1-2H3,(H,22,23). The SMILES string of the molecule is CCNc1ccc(N2CCN(C(=O)c3cc4cccc(OC)c4oc3=O)CC2)nn1. The van der Waals surface area contributed by atoms with E-state index in [-0.39, 0.29) is 11.5 Å². The Hall–Kier alpha value is -3.62. The lowest BCUT2D eigenvalue weighted by molar-refractivity contribution is 0.0742. The molecule has 0 radical (unpaired) electrons. The van der Waals surface area contributed by atoms with Crippen molar-refractivity contribution in [3.05, 3.63) is 52.4 Å². The van der Waals surface area contributed by atoms with E-state index in [1.807, 2.05) is 19.1 Å². The highest BCUT2D eigenvalue weighted by Crippen LogP contribution is 2.25. The fourth-order valence-corrected chi connectivity index (χ4v) is 3.51. The van der Waals surface area contributed by atoms with Crippen LogP contribution in [-0.2, 0) is 0 Å². The number of hydrogen-bond acceptors (Lipinski definition) is 8. The van der Waals surface area contributed by atoms with Gasteiger partial charge in [-0.25, -0.2) is 4.79 Å². The number of ether oxygens (including phenoxy) is 1. The molecule has 1 amide bonds. The molecule has 0 spiro atoms. The molecule has 156 valence electrons. The van der Waals surface area contributed by atoms with Crippen LogP contribution < -0.4 is 20.6 Å². The van der Waals surface area contributed by atoms with Gasteiger partial charge in [0, 0.05) is 38.1 Å². The van der Waals surface area contributed by atoms with Gasteiger partial charge in [0.1, 0.15) is 11.4 Å². The number of amides is 1. The molecule has 0 atom stereocenters. The highest BCUT2D eigenvalue weighted by Gasteiger charge is 2.26. The van der Waals surface area contributed by atoms with Crippen molar-refractivity contribution in [2.24, 2.45) is 0 Å². The van der Waals surface area contributed by atoms with Gasteiger partial charge >= 0.3 is 5.63 Å². The van der Waals surface area contributed by atoms with Crippen LogP contribution in [0.25, 0.3) is 11.0 Å². The topological polar surface area (TPSA) is 101 Å². The Morgan fingerprint density at radius 1 is 1.17 bits per heavy atom. The van der Waals surface area contributed by atoms with Crippen molar-refractivity contribution < 1.29 is 13.9 Å². The van der Waals surface area contributed by atoms with Crippen molar-refractivity contribution in [1.29, 1.82) is 0 Å². The van der Waals surface area contributed by atoms with Crippen LogP contribution >= 0.6 is 0 Å². The molecule has 0 saturated carbocycles. The lowest BCUT2D eigenvalue weighted by Crippen LogP contribution is -2.49. The molecule has 1 saturated heterocycles. The molecule has 30 heavy (non-hydrogen) atoms. The maximum Gasteiger partial charge on any atom is 0.349 e. The molecule has 9 heteroatoms. The highest BCUT2D eigenvalue weighted by atomic mass is 16.5. The summed E-state index contributed by atoms with van der Waals surface area (Å²) < 4.78 is 10.6. The normalized spacial score (nSPS) is 14.1. The van der Waals surface area contributed by atoms with E-state index < -0.39 is 5.63 Å². The van der Waals surface area contributed by atoms with E-state index in [0.29, 0.717) is 42.9 Å². The summed E-state index contributed by atoms with van der Waals surface area (Å²) in [6.07, 6.45) is 0. The number of fused-ring (bicyclic) bond motifs is 1. The minimum Gasteiger partial charge on any atom is -0.493 e. The largest absolute Gasteiger partial charge is 0.493 e. The molecule has 0 unspecified atom stereocenters. The summed E-state index contributed by atoms with van der Waals surface area (Å²) in [6, 6.07) is 10.6. The molecule has 1 fully saturated rings. The van der Waals surface area contributed by atoms with Crippen LogP contribution in [0.2, 0.25) is 0 Å². The van der Waals surface area contributed by atoms with E-state index in [1.54, 1.807) is 29.2 Å². The van der Waals surface area contributed by atoms with Crippen LogP contribution in [0.3, 0.4) is 0 Å². The summed E-state index contributed by atoms with van der Waals surface area (Å²) in [6.45, 7) is 4.94. The first-order valence-electron chi connectivity index (χ1n) is 9.83. The molecule has 0 bridgehead atoms. The quantitative estimate of drug-likeness (QED) is 0.639. The summed E-state index contributed by atoms with van der Waals surface area (Å²) >= 11 is 0. The van der Waals surface area contributed by atoms with Crippen LogP contribution in [0.5, 0.6) is 5.75 Å². The van der Waals surface area contributed by atoms with E-state index in [0.717, 1.165) is 18.2 Å². The number of para-hydroxylation sites is 1. The first-order chi connectivity index (χ1) is 14.6. The summed E-state index contributed by atoms with van der Waals surface area (Å²) in [7, 11) is 1.51.